The molecule has 2 aromatic carbocycles. The number of nitrogens with one attached hydrogen (secondary N) is 2. The smallest absolute Gasteiger partial charge is 0.270 e. The van der Waals surface area contributed by atoms with Gasteiger partial charge in [-0.1, -0.05) is 48.5 Å². The van der Waals surface area contributed by atoms with Crippen LogP contribution >= 0.6 is 11.3 Å². The molecule has 0 saturated heterocycles. The van der Waals surface area contributed by atoms with Gasteiger partial charge >= 0.3 is 0 Å². The van der Waals surface area contributed by atoms with Crippen molar-refractivity contribution >= 4 is 34.0 Å². The van der Waals surface area contributed by atoms with E-state index in [1.54, 1.807) is 29.5 Å². The Morgan fingerprint density at radius 2 is 2.00 bits per heavy atom. The zero-order valence-electron chi connectivity index (χ0n) is 17.3. The molecule has 1 aromatic heterocycles. The third-order valence-electron chi connectivity index (χ3n) is 5.75. The second-order valence-electron chi connectivity index (χ2n) is 7.96. The highest BCUT2D eigenvalue weighted by molar-refractivity contribution is 7.16. The van der Waals surface area contributed by atoms with Crippen molar-refractivity contribution in [2.24, 2.45) is 0 Å². The molecule has 5 rings (SSSR count). The van der Waals surface area contributed by atoms with Gasteiger partial charge in [0, 0.05) is 36.6 Å². The van der Waals surface area contributed by atoms with Crippen molar-refractivity contribution in [3.05, 3.63) is 97.9 Å². The lowest BCUT2D eigenvalue weighted by Gasteiger charge is -2.28. The fourth-order valence-electron chi connectivity index (χ4n) is 4.21. The van der Waals surface area contributed by atoms with Gasteiger partial charge in [-0.25, -0.2) is 0 Å². The highest BCUT2D eigenvalue weighted by Gasteiger charge is 2.32. The maximum absolute atomic E-state index is 12.9. The van der Waals surface area contributed by atoms with Crippen molar-refractivity contribution in [1.29, 1.82) is 0 Å². The molecule has 1 unspecified atom stereocenters. The third-order valence-corrected chi connectivity index (χ3v) is 6.90. The van der Waals surface area contributed by atoms with Gasteiger partial charge in [0.05, 0.1) is 10.5 Å². The van der Waals surface area contributed by atoms with Gasteiger partial charge in [-0.3, -0.25) is 19.8 Å². The molecule has 2 aliphatic heterocycles. The first-order valence-corrected chi connectivity index (χ1v) is 11.3. The second-order valence-corrected chi connectivity index (χ2v) is 9.07. The van der Waals surface area contributed by atoms with Crippen molar-refractivity contribution in [1.82, 2.24) is 10.2 Å². The molecular weight excluding hydrogens is 424 g/mol. The van der Waals surface area contributed by atoms with Crippen molar-refractivity contribution in [2.75, 3.05) is 11.9 Å². The predicted molar refractivity (Wildman–Crippen MR) is 126 cm³/mol. The summed E-state index contributed by atoms with van der Waals surface area (Å²) in [6.45, 7) is 2.66. The maximum Gasteiger partial charge on any atom is 0.270 e. The number of carbonyl (C=O) groups is 1. The largest absolute Gasteiger partial charge is 0.353 e. The van der Waals surface area contributed by atoms with Crippen LogP contribution in [-0.4, -0.2) is 28.4 Å². The second kappa shape index (κ2) is 8.57. The highest BCUT2D eigenvalue weighted by Crippen LogP contribution is 2.39. The average Bonchev–Trinajstić information content (AvgIpc) is 3.16. The van der Waals surface area contributed by atoms with E-state index in [-0.39, 0.29) is 17.8 Å². The maximum atomic E-state index is 12.9. The van der Waals surface area contributed by atoms with E-state index in [0.29, 0.717) is 5.56 Å². The lowest BCUT2D eigenvalue weighted by molar-refractivity contribution is -0.384. The van der Waals surface area contributed by atoms with Crippen molar-refractivity contribution in [3.63, 3.8) is 0 Å². The Kier molecular flexibility index (Phi) is 5.46. The van der Waals surface area contributed by atoms with Gasteiger partial charge in [-0.05, 0) is 29.2 Å². The molecular formula is C24H22N4O3S. The van der Waals surface area contributed by atoms with Crippen molar-refractivity contribution in [3.8, 4) is 0 Å². The summed E-state index contributed by atoms with van der Waals surface area (Å²) in [5, 5.41) is 18.3. The van der Waals surface area contributed by atoms with Gasteiger partial charge in [-0.15, -0.1) is 11.3 Å². The zero-order valence-corrected chi connectivity index (χ0v) is 18.1. The van der Waals surface area contributed by atoms with E-state index in [0.717, 1.165) is 42.2 Å². The van der Waals surface area contributed by atoms with Crippen LogP contribution < -0.4 is 10.6 Å². The number of rotatable bonds is 5. The highest BCUT2D eigenvalue weighted by atomic mass is 32.1. The van der Waals surface area contributed by atoms with Crippen LogP contribution in [-0.2, 0) is 19.5 Å². The lowest BCUT2D eigenvalue weighted by atomic mass is 10.0. The van der Waals surface area contributed by atoms with E-state index in [4.69, 9.17) is 0 Å². The van der Waals surface area contributed by atoms with Gasteiger partial charge < -0.3 is 10.6 Å². The quantitative estimate of drug-likeness (QED) is 0.448. The number of hydrogen-bond donors (Lipinski definition) is 2. The van der Waals surface area contributed by atoms with Crippen LogP contribution in [0, 0.1) is 10.1 Å². The summed E-state index contributed by atoms with van der Waals surface area (Å²) in [4.78, 5) is 27.1. The molecule has 3 aromatic rings. The topological polar surface area (TPSA) is 87.5 Å². The molecule has 0 spiro atoms. The van der Waals surface area contributed by atoms with Crippen LogP contribution in [0.15, 0.2) is 60.7 Å². The fourth-order valence-corrected chi connectivity index (χ4v) is 5.54. The minimum absolute atomic E-state index is 0.0427. The number of amides is 1. The van der Waals surface area contributed by atoms with E-state index < -0.39 is 4.92 Å². The number of hydrogen-bond acceptors (Lipinski definition) is 6. The summed E-state index contributed by atoms with van der Waals surface area (Å²) in [5.41, 5.74) is 3.97. The van der Waals surface area contributed by atoms with Gasteiger partial charge in [0.2, 0.25) is 0 Å². The monoisotopic (exact) mass is 446 g/mol. The number of nitro benzene ring substituents is 1. The van der Waals surface area contributed by atoms with Crippen molar-refractivity contribution in [2.45, 2.75) is 25.7 Å². The van der Waals surface area contributed by atoms with Crippen LogP contribution in [0.5, 0.6) is 0 Å². The zero-order chi connectivity index (χ0) is 22.1. The van der Waals surface area contributed by atoms with Gasteiger partial charge in [0.25, 0.3) is 11.6 Å². The standard InChI is InChI=1S/C24H22N4O3S/c29-23-22-19-11-12-27(14-17-5-2-1-3-6-17)15-20(19)32-24(22)26-21(25-23)10-9-16-7-4-8-18(13-16)28(30)31/h1-10,13,21,26H,11-12,14-15H2,(H,25,29). The van der Waals surface area contributed by atoms with Gasteiger partial charge in [-0.2, -0.15) is 0 Å². The third kappa shape index (κ3) is 4.15. The van der Waals surface area contributed by atoms with E-state index in [1.807, 2.05) is 12.1 Å². The minimum atomic E-state index is -0.415. The van der Waals surface area contributed by atoms with E-state index >= 15 is 0 Å². The normalized spacial score (nSPS) is 18.0. The molecule has 0 radical (unpaired) electrons. The Morgan fingerprint density at radius 1 is 1.16 bits per heavy atom. The van der Waals surface area contributed by atoms with Crippen LogP contribution in [0.3, 0.4) is 0 Å². The molecule has 3 heterocycles. The van der Waals surface area contributed by atoms with Crippen LogP contribution in [0.4, 0.5) is 10.7 Å². The molecule has 32 heavy (non-hydrogen) atoms. The Morgan fingerprint density at radius 3 is 2.81 bits per heavy atom. The molecule has 162 valence electrons. The molecule has 2 N–H and O–H groups in total. The fraction of sp³-hybridized carbons (Fsp3) is 0.208. The Balaban J connectivity index is 1.31. The molecule has 0 saturated carbocycles. The summed E-state index contributed by atoms with van der Waals surface area (Å²) in [7, 11) is 0. The van der Waals surface area contributed by atoms with E-state index in [1.165, 1.54) is 22.6 Å². The number of non-ortho nitro benzene ring substituents is 1. The predicted octanol–water partition coefficient (Wildman–Crippen LogP) is 4.41. The van der Waals surface area contributed by atoms with Crippen LogP contribution in [0.2, 0.25) is 0 Å². The first kappa shape index (κ1) is 20.4. The number of benzene rings is 2. The average molecular weight is 447 g/mol. The van der Waals surface area contributed by atoms with Gasteiger partial charge in [0.1, 0.15) is 11.2 Å². The number of anilines is 1. The number of nitrogens with zero attached hydrogens (tertiary/aromatic N) is 2. The number of fused-ring (bicyclic) bond motifs is 3. The molecule has 1 amide bonds. The summed E-state index contributed by atoms with van der Waals surface area (Å²) in [5.74, 6) is -0.0681. The summed E-state index contributed by atoms with van der Waals surface area (Å²) in [6, 6.07) is 16.8. The Bertz CT molecular complexity index is 1210. The summed E-state index contributed by atoms with van der Waals surface area (Å²) < 4.78 is 0. The molecule has 2 aliphatic rings. The van der Waals surface area contributed by atoms with Crippen molar-refractivity contribution < 1.29 is 9.72 Å². The first-order chi connectivity index (χ1) is 15.6. The molecule has 8 heteroatoms. The van der Waals surface area contributed by atoms with Crippen LogP contribution in [0.25, 0.3) is 6.08 Å². The van der Waals surface area contributed by atoms with E-state index in [2.05, 4.69) is 39.8 Å². The number of nitro groups is 1. The van der Waals surface area contributed by atoms with Crippen LogP contribution in [0.1, 0.15) is 31.9 Å². The Labute approximate surface area is 189 Å². The summed E-state index contributed by atoms with van der Waals surface area (Å²) >= 11 is 1.65. The molecule has 0 aliphatic carbocycles. The molecule has 7 nitrogen and oxygen atoms in total. The first-order valence-electron chi connectivity index (χ1n) is 10.5. The lowest BCUT2D eigenvalue weighted by Crippen LogP contribution is -2.43. The number of carbonyl (C=O) groups excluding carboxylic acids is 1. The SMILES string of the molecule is O=C1NC(C=Cc2cccc([N+](=O)[O-])c2)Nc2sc3c(c21)CCN(Cc1ccccc1)C3. The van der Waals surface area contributed by atoms with E-state index in [9.17, 15) is 14.9 Å². The van der Waals surface area contributed by atoms with Gasteiger partial charge in [0.15, 0.2) is 0 Å². The summed E-state index contributed by atoms with van der Waals surface area (Å²) in [6.07, 6.45) is 4.10. The molecule has 0 fully saturated rings. The molecule has 1 atom stereocenters. The molecule has 0 bridgehead atoms. The number of thiophene rings is 1. The minimum Gasteiger partial charge on any atom is -0.353 e. The Hall–Kier alpha value is -3.49.